The molecule has 5 aliphatic carbocycles. The normalized spacial score (nSPS) is 20.0. The Morgan fingerprint density at radius 1 is 0.545 bits per heavy atom. The molecular formula is C44H38. The number of hydrogen-bond donors (Lipinski definition) is 0. The maximum absolute atomic E-state index is 2.55. The monoisotopic (exact) mass is 566 g/mol. The first-order chi connectivity index (χ1) is 21.9. The highest BCUT2D eigenvalue weighted by atomic mass is 14.3. The zero-order chi connectivity index (χ0) is 29.0. The second-order valence-corrected chi connectivity index (χ2v) is 13.1. The summed E-state index contributed by atoms with van der Waals surface area (Å²) in [4.78, 5) is 0. The van der Waals surface area contributed by atoms with Gasteiger partial charge < -0.3 is 0 Å². The fourth-order valence-corrected chi connectivity index (χ4v) is 8.82. The summed E-state index contributed by atoms with van der Waals surface area (Å²) in [5.74, 6) is 0.667. The highest BCUT2D eigenvalue weighted by Gasteiger charge is 2.23. The molecule has 0 spiro atoms. The summed E-state index contributed by atoms with van der Waals surface area (Å²) < 4.78 is 0. The van der Waals surface area contributed by atoms with Crippen LogP contribution in [0.4, 0.5) is 0 Å². The molecule has 4 aromatic carbocycles. The summed E-state index contributed by atoms with van der Waals surface area (Å²) in [7, 11) is 0. The minimum atomic E-state index is 0.667. The Morgan fingerprint density at radius 3 is 2.09 bits per heavy atom. The van der Waals surface area contributed by atoms with Crippen molar-refractivity contribution in [1.29, 1.82) is 0 Å². The second-order valence-electron chi connectivity index (χ2n) is 13.1. The third kappa shape index (κ3) is 4.04. The Balaban J connectivity index is 1.40. The predicted octanol–water partition coefficient (Wildman–Crippen LogP) is 6.58. The number of allylic oxidation sites excluding steroid dienone is 6. The third-order valence-corrected chi connectivity index (χ3v) is 10.8. The average molecular weight is 567 g/mol. The van der Waals surface area contributed by atoms with E-state index in [0.717, 1.165) is 44.9 Å². The van der Waals surface area contributed by atoms with E-state index in [1.165, 1.54) is 82.8 Å². The SMILES string of the molecule is C1=CCCC(C2=c3ccccc3=C(c3c4c(c(-c5cccc6c5=CCC5CCC=CC=65)c5ccccc35)=CCCC=4)CC2)=C1. The van der Waals surface area contributed by atoms with Crippen molar-refractivity contribution in [3.63, 3.8) is 0 Å². The summed E-state index contributed by atoms with van der Waals surface area (Å²) in [6, 6.07) is 25.6. The number of fused-ring (bicyclic) bond motifs is 5. The topological polar surface area (TPSA) is 0 Å². The van der Waals surface area contributed by atoms with Crippen LogP contribution in [0.3, 0.4) is 0 Å². The van der Waals surface area contributed by atoms with Crippen LogP contribution in [0.25, 0.3) is 56.8 Å². The van der Waals surface area contributed by atoms with Crippen LogP contribution in [0.2, 0.25) is 0 Å². The molecule has 0 radical (unpaired) electrons. The fraction of sp³-hybridized carbons (Fsp3) is 0.227. The van der Waals surface area contributed by atoms with E-state index >= 15 is 0 Å². The molecular weight excluding hydrogens is 528 g/mol. The van der Waals surface area contributed by atoms with Gasteiger partial charge in [0.05, 0.1) is 0 Å². The van der Waals surface area contributed by atoms with Gasteiger partial charge in [-0.1, -0.05) is 115 Å². The van der Waals surface area contributed by atoms with E-state index in [-0.39, 0.29) is 0 Å². The van der Waals surface area contributed by atoms with Crippen molar-refractivity contribution < 1.29 is 0 Å². The smallest absolute Gasteiger partial charge is 0.00236 e. The van der Waals surface area contributed by atoms with E-state index in [2.05, 4.69) is 115 Å². The summed E-state index contributed by atoms with van der Waals surface area (Å²) in [6.07, 6.45) is 29.7. The van der Waals surface area contributed by atoms with Crippen molar-refractivity contribution in [2.45, 2.75) is 57.8 Å². The molecule has 0 aliphatic heterocycles. The van der Waals surface area contributed by atoms with Crippen molar-refractivity contribution in [3.8, 4) is 11.1 Å². The van der Waals surface area contributed by atoms with Crippen LogP contribution in [0.5, 0.6) is 0 Å². The van der Waals surface area contributed by atoms with Gasteiger partial charge in [0.1, 0.15) is 0 Å². The molecule has 0 heteroatoms. The summed E-state index contributed by atoms with van der Waals surface area (Å²) in [5, 5.41) is 11.4. The molecule has 0 aromatic heterocycles. The first-order valence-corrected chi connectivity index (χ1v) is 16.8. The van der Waals surface area contributed by atoms with Gasteiger partial charge in [-0.05, 0) is 145 Å². The molecule has 1 atom stereocenters. The van der Waals surface area contributed by atoms with Gasteiger partial charge in [0.25, 0.3) is 0 Å². The van der Waals surface area contributed by atoms with Crippen LogP contribution < -0.4 is 31.3 Å². The minimum Gasteiger partial charge on any atom is -0.0842 e. The Kier molecular flexibility index (Phi) is 6.29. The number of hydrogen-bond acceptors (Lipinski definition) is 0. The highest BCUT2D eigenvalue weighted by Crippen LogP contribution is 2.34. The Labute approximate surface area is 259 Å². The van der Waals surface area contributed by atoms with E-state index in [9.17, 15) is 0 Å². The lowest BCUT2D eigenvalue weighted by atomic mass is 9.79. The maximum atomic E-state index is 2.55. The molecule has 0 N–H and O–H groups in total. The number of rotatable bonds is 3. The van der Waals surface area contributed by atoms with Gasteiger partial charge >= 0.3 is 0 Å². The molecule has 0 nitrogen and oxygen atoms in total. The molecule has 44 heavy (non-hydrogen) atoms. The van der Waals surface area contributed by atoms with Crippen molar-refractivity contribution in [1.82, 2.24) is 0 Å². The second kappa shape index (κ2) is 10.6. The maximum Gasteiger partial charge on any atom is -0.00236 e. The average Bonchev–Trinajstić information content (AvgIpc) is 3.10. The Bertz CT molecular complexity index is 2350. The van der Waals surface area contributed by atoms with Crippen molar-refractivity contribution in [3.05, 3.63) is 140 Å². The first-order valence-electron chi connectivity index (χ1n) is 16.8. The summed E-state index contributed by atoms with van der Waals surface area (Å²) >= 11 is 0. The summed E-state index contributed by atoms with van der Waals surface area (Å²) in [6.45, 7) is 0. The van der Waals surface area contributed by atoms with Crippen LogP contribution in [-0.2, 0) is 0 Å². The molecule has 0 saturated carbocycles. The Hall–Kier alpha value is -4.42. The molecule has 4 aromatic rings. The van der Waals surface area contributed by atoms with Crippen LogP contribution in [0.1, 0.15) is 63.4 Å². The molecule has 214 valence electrons. The van der Waals surface area contributed by atoms with Gasteiger partial charge in [-0.25, -0.2) is 0 Å². The highest BCUT2D eigenvalue weighted by molar-refractivity contribution is 6.04. The van der Waals surface area contributed by atoms with Crippen LogP contribution in [0.15, 0.2) is 103 Å². The van der Waals surface area contributed by atoms with Crippen molar-refractivity contribution in [2.75, 3.05) is 0 Å². The lowest BCUT2D eigenvalue weighted by molar-refractivity contribution is 0.619. The quantitative estimate of drug-likeness (QED) is 0.263. The third-order valence-electron chi connectivity index (χ3n) is 10.8. The van der Waals surface area contributed by atoms with Gasteiger partial charge in [0.15, 0.2) is 0 Å². The largest absolute Gasteiger partial charge is 0.0842 e. The molecule has 0 bridgehead atoms. The minimum absolute atomic E-state index is 0.667. The molecule has 0 saturated heterocycles. The van der Waals surface area contributed by atoms with Gasteiger partial charge in [-0.3, -0.25) is 0 Å². The predicted molar refractivity (Wildman–Crippen MR) is 188 cm³/mol. The van der Waals surface area contributed by atoms with Gasteiger partial charge in [0, 0.05) is 0 Å². The van der Waals surface area contributed by atoms with Crippen molar-refractivity contribution >= 4 is 45.7 Å². The van der Waals surface area contributed by atoms with Crippen molar-refractivity contribution in [2.24, 2.45) is 5.92 Å². The van der Waals surface area contributed by atoms with Gasteiger partial charge in [0.2, 0.25) is 0 Å². The van der Waals surface area contributed by atoms with Crippen LogP contribution in [-0.4, -0.2) is 0 Å². The molecule has 0 fully saturated rings. The molecule has 1 unspecified atom stereocenters. The Morgan fingerprint density at radius 2 is 1.27 bits per heavy atom. The van der Waals surface area contributed by atoms with E-state index in [1.807, 2.05) is 0 Å². The molecule has 5 aliphatic rings. The van der Waals surface area contributed by atoms with Gasteiger partial charge in [-0.15, -0.1) is 0 Å². The van der Waals surface area contributed by atoms with Crippen LogP contribution in [0, 0.1) is 5.92 Å². The zero-order valence-electron chi connectivity index (χ0n) is 25.4. The molecule has 0 heterocycles. The lowest BCUT2D eigenvalue weighted by Gasteiger charge is -2.25. The van der Waals surface area contributed by atoms with E-state index in [0.29, 0.717) is 5.92 Å². The van der Waals surface area contributed by atoms with Gasteiger partial charge in [-0.2, -0.15) is 0 Å². The van der Waals surface area contributed by atoms with Crippen LogP contribution >= 0.6 is 0 Å². The van der Waals surface area contributed by atoms with E-state index in [4.69, 9.17) is 0 Å². The first kappa shape index (κ1) is 26.0. The molecule has 9 rings (SSSR count). The fourth-order valence-electron chi connectivity index (χ4n) is 8.82. The lowest BCUT2D eigenvalue weighted by Crippen LogP contribution is -2.40. The van der Waals surface area contributed by atoms with E-state index < -0.39 is 0 Å². The zero-order valence-corrected chi connectivity index (χ0v) is 25.4. The van der Waals surface area contributed by atoms with E-state index in [1.54, 1.807) is 11.1 Å². The number of benzene rings is 4. The molecule has 0 amide bonds. The standard InChI is InChI=1S/C44H38/c1-2-13-29(14-3-1)32-27-28-42(35-18-7-6-17-33(32)35)44-40-21-10-8-19-38(40)43(39-20-9-11-22-41(39)44)37-24-12-23-34-31-16-5-4-15-30(31)25-26-36(34)37/h1-2,5-8,10,12-13,16-24,26,30H,3-4,9,11,14-15,25,27-28H2. The summed E-state index contributed by atoms with van der Waals surface area (Å²) in [5.41, 5.74) is 10.5.